The van der Waals surface area contributed by atoms with Gasteiger partial charge in [0.25, 0.3) is 0 Å². The van der Waals surface area contributed by atoms with Crippen LogP contribution in [0.1, 0.15) is 26.3 Å². The Morgan fingerprint density at radius 1 is 1.38 bits per heavy atom. The number of ether oxygens (including phenoxy) is 1. The number of carbonyl (C=O) groups is 1. The third-order valence-corrected chi connectivity index (χ3v) is 2.01. The van der Waals surface area contributed by atoms with Crippen LogP contribution >= 0.6 is 0 Å². The van der Waals surface area contributed by atoms with Crippen molar-refractivity contribution >= 4 is 11.8 Å². The monoisotopic (exact) mass is 222 g/mol. The molecule has 0 saturated heterocycles. The molecular weight excluding hydrogens is 204 g/mol. The Kier molecular flexibility index (Phi) is 3.42. The third kappa shape index (κ3) is 3.46. The lowest BCUT2D eigenvalue weighted by atomic mass is 10.1. The van der Waals surface area contributed by atoms with Gasteiger partial charge in [0, 0.05) is 16.8 Å². The Labute approximate surface area is 95.8 Å². The van der Waals surface area contributed by atoms with E-state index in [1.807, 2.05) is 27.7 Å². The van der Waals surface area contributed by atoms with Gasteiger partial charge in [-0.1, -0.05) is 6.07 Å². The molecule has 0 aliphatic heterocycles. The molecule has 4 nitrogen and oxygen atoms in total. The quantitative estimate of drug-likeness (QED) is 0.717. The smallest absolute Gasteiger partial charge is 0.410 e. The molecule has 0 aliphatic rings. The number of hydrogen-bond acceptors (Lipinski definition) is 3. The molecule has 0 radical (unpaired) electrons. The van der Waals surface area contributed by atoms with Crippen molar-refractivity contribution in [3.8, 4) is 5.75 Å². The first-order chi connectivity index (χ1) is 7.29. The summed E-state index contributed by atoms with van der Waals surface area (Å²) in [7, 11) is 0. The zero-order chi connectivity index (χ0) is 12.3. The summed E-state index contributed by atoms with van der Waals surface area (Å²) in [6.07, 6.45) is -0.471. The van der Waals surface area contributed by atoms with Gasteiger partial charge in [0.1, 0.15) is 5.75 Å². The van der Waals surface area contributed by atoms with E-state index in [9.17, 15) is 4.79 Å². The van der Waals surface area contributed by atoms with Gasteiger partial charge in [0.15, 0.2) is 0 Å². The van der Waals surface area contributed by atoms with Gasteiger partial charge < -0.3 is 15.8 Å². The molecule has 1 aromatic carbocycles. The Hall–Kier alpha value is -1.71. The highest BCUT2D eigenvalue weighted by Crippen LogP contribution is 2.22. The lowest BCUT2D eigenvalue weighted by Gasteiger charge is -2.20. The minimum Gasteiger partial charge on any atom is -0.410 e. The van der Waals surface area contributed by atoms with Gasteiger partial charge in [0.05, 0.1) is 0 Å². The summed E-state index contributed by atoms with van der Waals surface area (Å²) < 4.78 is 5.17. The van der Waals surface area contributed by atoms with Gasteiger partial charge in [-0.3, -0.25) is 0 Å². The number of hydrogen-bond donors (Lipinski definition) is 2. The van der Waals surface area contributed by atoms with Crippen LogP contribution < -0.4 is 15.8 Å². The topological polar surface area (TPSA) is 64.3 Å². The second kappa shape index (κ2) is 4.43. The van der Waals surface area contributed by atoms with Crippen molar-refractivity contribution in [1.29, 1.82) is 0 Å². The van der Waals surface area contributed by atoms with Crippen LogP contribution in [0.25, 0.3) is 0 Å². The number of amides is 1. The molecule has 0 atom stereocenters. The summed E-state index contributed by atoms with van der Waals surface area (Å²) in [5.41, 5.74) is 6.78. The molecule has 3 N–H and O–H groups in total. The molecule has 0 spiro atoms. The van der Waals surface area contributed by atoms with Crippen LogP contribution in [-0.4, -0.2) is 11.6 Å². The van der Waals surface area contributed by atoms with Crippen molar-refractivity contribution in [2.45, 2.75) is 33.2 Å². The normalized spacial score (nSPS) is 11.0. The Bertz CT molecular complexity index is 394. The van der Waals surface area contributed by atoms with Gasteiger partial charge in [-0.25, -0.2) is 4.79 Å². The van der Waals surface area contributed by atoms with E-state index >= 15 is 0 Å². The highest BCUT2D eigenvalue weighted by atomic mass is 16.6. The molecule has 1 aromatic rings. The molecule has 0 bridgehead atoms. The summed E-state index contributed by atoms with van der Waals surface area (Å²) in [5.74, 6) is 0.488. The maximum Gasteiger partial charge on any atom is 0.413 e. The minimum absolute atomic E-state index is 0.314. The Balaban J connectivity index is 2.74. The summed E-state index contributed by atoms with van der Waals surface area (Å²) in [6, 6.07) is 5.24. The summed E-state index contributed by atoms with van der Waals surface area (Å²) >= 11 is 0. The average Bonchev–Trinajstić information content (AvgIpc) is 2.09. The van der Waals surface area contributed by atoms with Crippen LogP contribution in [0.3, 0.4) is 0 Å². The van der Waals surface area contributed by atoms with Gasteiger partial charge in [-0.2, -0.15) is 0 Å². The molecule has 0 saturated carbocycles. The fourth-order valence-corrected chi connectivity index (χ4v) is 1.17. The van der Waals surface area contributed by atoms with Crippen LogP contribution in [0.2, 0.25) is 0 Å². The zero-order valence-electron chi connectivity index (χ0n) is 10.1. The number of benzene rings is 1. The molecule has 0 aromatic heterocycles. The highest BCUT2D eigenvalue weighted by Gasteiger charge is 2.16. The summed E-state index contributed by atoms with van der Waals surface area (Å²) in [4.78, 5) is 11.5. The second-order valence-corrected chi connectivity index (χ2v) is 4.73. The molecule has 88 valence electrons. The second-order valence-electron chi connectivity index (χ2n) is 4.73. The minimum atomic E-state index is -0.471. The van der Waals surface area contributed by atoms with Crippen molar-refractivity contribution in [2.24, 2.45) is 0 Å². The first kappa shape index (κ1) is 12.4. The number of anilines is 1. The first-order valence-corrected chi connectivity index (χ1v) is 5.15. The van der Waals surface area contributed by atoms with E-state index < -0.39 is 6.09 Å². The number of nitrogens with one attached hydrogen (secondary N) is 1. The van der Waals surface area contributed by atoms with E-state index in [1.165, 1.54) is 0 Å². The molecule has 0 unspecified atom stereocenters. The molecule has 0 fully saturated rings. The standard InChI is InChI=1S/C12H18N2O2/c1-8-9(13)6-5-7-10(8)16-11(15)14-12(2,3)4/h5-7H,13H2,1-4H3,(H,14,15). The van der Waals surface area contributed by atoms with Crippen molar-refractivity contribution in [1.82, 2.24) is 5.32 Å². The molecular formula is C12H18N2O2. The van der Waals surface area contributed by atoms with Gasteiger partial charge in [-0.05, 0) is 39.8 Å². The predicted octanol–water partition coefficient (Wildman–Crippen LogP) is 2.46. The van der Waals surface area contributed by atoms with Gasteiger partial charge in [-0.15, -0.1) is 0 Å². The van der Waals surface area contributed by atoms with E-state index in [0.717, 1.165) is 5.56 Å². The molecule has 0 aliphatic carbocycles. The zero-order valence-corrected chi connectivity index (χ0v) is 10.1. The van der Waals surface area contributed by atoms with Crippen molar-refractivity contribution < 1.29 is 9.53 Å². The fraction of sp³-hybridized carbons (Fsp3) is 0.417. The van der Waals surface area contributed by atoms with Crippen LogP contribution in [0.15, 0.2) is 18.2 Å². The van der Waals surface area contributed by atoms with Crippen LogP contribution in [-0.2, 0) is 0 Å². The fourth-order valence-electron chi connectivity index (χ4n) is 1.17. The first-order valence-electron chi connectivity index (χ1n) is 5.15. The molecule has 4 heteroatoms. The SMILES string of the molecule is Cc1c(N)cccc1OC(=O)NC(C)(C)C. The molecule has 1 amide bonds. The van der Waals surface area contributed by atoms with E-state index in [2.05, 4.69) is 5.32 Å². The highest BCUT2D eigenvalue weighted by molar-refractivity contribution is 5.72. The van der Waals surface area contributed by atoms with E-state index in [4.69, 9.17) is 10.5 Å². The molecule has 0 heterocycles. The predicted molar refractivity (Wildman–Crippen MR) is 64.5 cm³/mol. The van der Waals surface area contributed by atoms with E-state index in [1.54, 1.807) is 18.2 Å². The number of carbonyl (C=O) groups excluding carboxylic acids is 1. The summed E-state index contributed by atoms with van der Waals surface area (Å²) in [5, 5.41) is 2.71. The molecule has 1 rings (SSSR count). The van der Waals surface area contributed by atoms with Crippen molar-refractivity contribution in [3.05, 3.63) is 23.8 Å². The van der Waals surface area contributed by atoms with E-state index in [0.29, 0.717) is 11.4 Å². The lowest BCUT2D eigenvalue weighted by molar-refractivity contribution is 0.190. The van der Waals surface area contributed by atoms with Crippen molar-refractivity contribution in [2.75, 3.05) is 5.73 Å². The number of nitrogen functional groups attached to an aromatic ring is 1. The Morgan fingerprint density at radius 2 is 2.00 bits per heavy atom. The maximum atomic E-state index is 11.5. The lowest BCUT2D eigenvalue weighted by Crippen LogP contribution is -2.42. The maximum absolute atomic E-state index is 11.5. The van der Waals surface area contributed by atoms with Crippen LogP contribution in [0, 0.1) is 6.92 Å². The molecule has 16 heavy (non-hydrogen) atoms. The average molecular weight is 222 g/mol. The van der Waals surface area contributed by atoms with Gasteiger partial charge in [0.2, 0.25) is 0 Å². The number of rotatable bonds is 1. The largest absolute Gasteiger partial charge is 0.413 e. The van der Waals surface area contributed by atoms with Crippen LogP contribution in [0.5, 0.6) is 5.75 Å². The Morgan fingerprint density at radius 3 is 2.56 bits per heavy atom. The third-order valence-electron chi connectivity index (χ3n) is 2.01. The summed E-state index contributed by atoms with van der Waals surface area (Å²) in [6.45, 7) is 7.48. The number of nitrogens with two attached hydrogens (primary N) is 1. The van der Waals surface area contributed by atoms with Gasteiger partial charge >= 0.3 is 6.09 Å². The van der Waals surface area contributed by atoms with Crippen molar-refractivity contribution in [3.63, 3.8) is 0 Å². The van der Waals surface area contributed by atoms with E-state index in [-0.39, 0.29) is 5.54 Å². The van der Waals surface area contributed by atoms with Crippen LogP contribution in [0.4, 0.5) is 10.5 Å².